The van der Waals surface area contributed by atoms with E-state index in [0.29, 0.717) is 10.9 Å². The highest BCUT2D eigenvalue weighted by Crippen LogP contribution is 2.34. The maximum Gasteiger partial charge on any atom is 0.221 e. The van der Waals surface area contributed by atoms with Crippen LogP contribution in [0.15, 0.2) is 60.8 Å². The summed E-state index contributed by atoms with van der Waals surface area (Å²) in [6.45, 7) is 0. The topological polar surface area (TPSA) is 25.4 Å². The molecular formula is C19H16ClFN2O. The Kier molecular flexibility index (Phi) is 4.67. The number of hydrogen-bond donors (Lipinski definition) is 0. The number of halogens is 2. The van der Waals surface area contributed by atoms with Crippen LogP contribution < -0.4 is 9.64 Å². The zero-order valence-electron chi connectivity index (χ0n) is 13.3. The maximum absolute atomic E-state index is 13.1. The molecule has 24 heavy (non-hydrogen) atoms. The Balaban J connectivity index is 2.04. The first kappa shape index (κ1) is 16.3. The standard InChI is InChI=1S/C19H16ClFN2O/c1-23(16-8-6-15(21)7-9-16)17-11-18(19(24-2)22-12-17)13-4-3-5-14(20)10-13/h3-12H,1-2H3. The molecule has 0 fully saturated rings. The lowest BCUT2D eigenvalue weighted by molar-refractivity contribution is 0.400. The van der Waals surface area contributed by atoms with Gasteiger partial charge in [-0.15, -0.1) is 0 Å². The van der Waals surface area contributed by atoms with Crippen molar-refractivity contribution >= 4 is 23.0 Å². The highest BCUT2D eigenvalue weighted by molar-refractivity contribution is 6.30. The fraction of sp³-hybridized carbons (Fsp3) is 0.105. The minimum Gasteiger partial charge on any atom is -0.481 e. The summed E-state index contributed by atoms with van der Waals surface area (Å²) in [6.07, 6.45) is 1.72. The maximum atomic E-state index is 13.1. The Labute approximate surface area is 145 Å². The Hall–Kier alpha value is -2.59. The van der Waals surface area contributed by atoms with E-state index in [2.05, 4.69) is 4.98 Å². The molecule has 0 bridgehead atoms. The lowest BCUT2D eigenvalue weighted by atomic mass is 10.1. The van der Waals surface area contributed by atoms with Crippen LogP contribution in [0.25, 0.3) is 11.1 Å². The molecule has 0 radical (unpaired) electrons. The van der Waals surface area contributed by atoms with Crippen LogP contribution in [0.2, 0.25) is 5.02 Å². The van der Waals surface area contributed by atoms with Crippen molar-refractivity contribution < 1.29 is 9.13 Å². The fourth-order valence-corrected chi connectivity index (χ4v) is 2.65. The molecule has 3 aromatic rings. The normalized spacial score (nSPS) is 10.5. The van der Waals surface area contributed by atoms with E-state index in [1.807, 2.05) is 42.3 Å². The Morgan fingerprint density at radius 1 is 1.04 bits per heavy atom. The summed E-state index contributed by atoms with van der Waals surface area (Å²) in [7, 11) is 3.48. The number of benzene rings is 2. The van der Waals surface area contributed by atoms with Gasteiger partial charge >= 0.3 is 0 Å². The van der Waals surface area contributed by atoms with Gasteiger partial charge < -0.3 is 9.64 Å². The van der Waals surface area contributed by atoms with Crippen LogP contribution in [0.5, 0.6) is 5.88 Å². The lowest BCUT2D eigenvalue weighted by Crippen LogP contribution is -2.10. The van der Waals surface area contributed by atoms with Crippen LogP contribution in [0.3, 0.4) is 0 Å². The summed E-state index contributed by atoms with van der Waals surface area (Å²) in [6, 6.07) is 15.8. The van der Waals surface area contributed by atoms with Gasteiger partial charge in [-0.1, -0.05) is 23.7 Å². The van der Waals surface area contributed by atoms with Crippen LogP contribution in [-0.2, 0) is 0 Å². The molecule has 0 saturated carbocycles. The van der Waals surface area contributed by atoms with Crippen LogP contribution in [0, 0.1) is 5.82 Å². The number of aromatic nitrogens is 1. The van der Waals surface area contributed by atoms with Crippen LogP contribution >= 0.6 is 11.6 Å². The average molecular weight is 343 g/mol. The minimum atomic E-state index is -0.264. The fourth-order valence-electron chi connectivity index (χ4n) is 2.46. The van der Waals surface area contributed by atoms with E-state index in [1.165, 1.54) is 12.1 Å². The SMILES string of the molecule is COc1ncc(N(C)c2ccc(F)cc2)cc1-c1cccc(Cl)c1. The lowest BCUT2D eigenvalue weighted by Gasteiger charge is -2.20. The third-order valence-corrected chi connectivity index (χ3v) is 4.00. The zero-order chi connectivity index (χ0) is 17.1. The highest BCUT2D eigenvalue weighted by Gasteiger charge is 2.12. The molecule has 0 spiro atoms. The van der Waals surface area contributed by atoms with E-state index in [4.69, 9.17) is 16.3 Å². The molecule has 3 nitrogen and oxygen atoms in total. The monoisotopic (exact) mass is 342 g/mol. The molecule has 122 valence electrons. The molecule has 0 aliphatic carbocycles. The van der Waals surface area contributed by atoms with Gasteiger partial charge in [-0.05, 0) is 48.0 Å². The van der Waals surface area contributed by atoms with Gasteiger partial charge in [0.15, 0.2) is 0 Å². The van der Waals surface area contributed by atoms with E-state index >= 15 is 0 Å². The van der Waals surface area contributed by atoms with Crippen molar-refractivity contribution in [2.24, 2.45) is 0 Å². The van der Waals surface area contributed by atoms with Crippen molar-refractivity contribution in [2.45, 2.75) is 0 Å². The van der Waals surface area contributed by atoms with Crippen LogP contribution in [0.1, 0.15) is 0 Å². The summed E-state index contributed by atoms with van der Waals surface area (Å²) in [5, 5.41) is 0.645. The number of rotatable bonds is 4. The molecule has 0 unspecified atom stereocenters. The Morgan fingerprint density at radius 2 is 1.79 bits per heavy atom. The van der Waals surface area contributed by atoms with Gasteiger partial charge in [-0.2, -0.15) is 0 Å². The molecule has 1 aromatic heterocycles. The largest absolute Gasteiger partial charge is 0.481 e. The summed E-state index contributed by atoms with van der Waals surface area (Å²) < 4.78 is 18.5. The summed E-state index contributed by atoms with van der Waals surface area (Å²) in [4.78, 5) is 6.32. The molecule has 1 heterocycles. The van der Waals surface area contributed by atoms with E-state index in [1.54, 1.807) is 25.4 Å². The van der Waals surface area contributed by atoms with Crippen molar-refractivity contribution in [1.82, 2.24) is 4.98 Å². The number of nitrogens with zero attached hydrogens (tertiary/aromatic N) is 2. The van der Waals surface area contributed by atoms with Crippen molar-refractivity contribution in [3.63, 3.8) is 0 Å². The first-order valence-corrected chi connectivity index (χ1v) is 7.75. The van der Waals surface area contributed by atoms with Gasteiger partial charge in [0.2, 0.25) is 5.88 Å². The van der Waals surface area contributed by atoms with E-state index in [-0.39, 0.29) is 5.82 Å². The number of pyridine rings is 1. The second-order valence-corrected chi connectivity index (χ2v) is 5.73. The molecule has 2 aromatic carbocycles. The van der Waals surface area contributed by atoms with Crippen LogP contribution in [0.4, 0.5) is 15.8 Å². The first-order valence-electron chi connectivity index (χ1n) is 7.38. The Bertz CT molecular complexity index is 852. The van der Waals surface area contributed by atoms with Crippen LogP contribution in [-0.4, -0.2) is 19.1 Å². The summed E-state index contributed by atoms with van der Waals surface area (Å²) in [5.41, 5.74) is 3.48. The zero-order valence-corrected chi connectivity index (χ0v) is 14.1. The quantitative estimate of drug-likeness (QED) is 0.641. The smallest absolute Gasteiger partial charge is 0.221 e. The second-order valence-electron chi connectivity index (χ2n) is 5.30. The third-order valence-electron chi connectivity index (χ3n) is 3.77. The van der Waals surface area contributed by atoms with Gasteiger partial charge in [0.1, 0.15) is 5.82 Å². The predicted molar refractivity (Wildman–Crippen MR) is 95.7 cm³/mol. The Morgan fingerprint density at radius 3 is 2.46 bits per heavy atom. The van der Waals surface area contributed by atoms with E-state index in [9.17, 15) is 4.39 Å². The van der Waals surface area contributed by atoms with Crippen molar-refractivity contribution in [3.05, 3.63) is 71.6 Å². The molecule has 0 saturated heterocycles. The van der Waals surface area contributed by atoms with Gasteiger partial charge in [0.05, 0.1) is 19.0 Å². The molecule has 0 aliphatic rings. The van der Waals surface area contributed by atoms with E-state index < -0.39 is 0 Å². The number of anilines is 2. The molecule has 3 rings (SSSR count). The summed E-state index contributed by atoms with van der Waals surface area (Å²) >= 11 is 6.10. The van der Waals surface area contributed by atoms with Crippen molar-refractivity contribution in [1.29, 1.82) is 0 Å². The van der Waals surface area contributed by atoms with Gasteiger partial charge in [-0.3, -0.25) is 0 Å². The molecule has 0 atom stereocenters. The van der Waals surface area contributed by atoms with Crippen molar-refractivity contribution in [2.75, 3.05) is 19.1 Å². The van der Waals surface area contributed by atoms with Gasteiger partial charge in [0.25, 0.3) is 0 Å². The van der Waals surface area contributed by atoms with Crippen molar-refractivity contribution in [3.8, 4) is 17.0 Å². The minimum absolute atomic E-state index is 0.264. The number of hydrogen-bond acceptors (Lipinski definition) is 3. The number of methoxy groups -OCH3 is 1. The molecule has 0 amide bonds. The second kappa shape index (κ2) is 6.89. The molecule has 0 aliphatic heterocycles. The third kappa shape index (κ3) is 3.34. The van der Waals surface area contributed by atoms with Gasteiger partial charge in [-0.25, -0.2) is 9.37 Å². The first-order chi connectivity index (χ1) is 11.6. The molecule has 5 heteroatoms. The van der Waals surface area contributed by atoms with Gasteiger partial charge in [0, 0.05) is 23.3 Å². The van der Waals surface area contributed by atoms with E-state index in [0.717, 1.165) is 22.5 Å². The summed E-state index contributed by atoms with van der Waals surface area (Å²) in [5.74, 6) is 0.258. The highest BCUT2D eigenvalue weighted by atomic mass is 35.5. The molecule has 0 N–H and O–H groups in total. The number of ether oxygens (including phenoxy) is 1. The predicted octanol–water partition coefficient (Wildman–Crippen LogP) is 5.32. The average Bonchev–Trinajstić information content (AvgIpc) is 2.61. The molecular weight excluding hydrogens is 327 g/mol.